The van der Waals surface area contributed by atoms with E-state index in [1.54, 1.807) is 6.20 Å². The van der Waals surface area contributed by atoms with Gasteiger partial charge >= 0.3 is 0 Å². The van der Waals surface area contributed by atoms with Crippen molar-refractivity contribution in [2.75, 3.05) is 5.73 Å². The minimum absolute atomic E-state index is 0.334. The topological polar surface area (TPSA) is 51.8 Å². The number of rotatable bonds is 1. The van der Waals surface area contributed by atoms with E-state index in [4.69, 9.17) is 5.73 Å². The molecule has 1 heterocycles. The lowest BCUT2D eigenvalue weighted by molar-refractivity contribution is 0.686. The van der Waals surface area contributed by atoms with Crippen LogP contribution in [0, 0.1) is 0 Å². The number of anilines is 1. The van der Waals surface area contributed by atoms with E-state index in [0.29, 0.717) is 5.95 Å². The van der Waals surface area contributed by atoms with Gasteiger partial charge in [0.05, 0.1) is 5.69 Å². The second-order valence-electron chi connectivity index (χ2n) is 4.49. The fourth-order valence-electron chi connectivity index (χ4n) is 2.43. The first-order chi connectivity index (χ1) is 8.33. The maximum absolute atomic E-state index is 5.61. The zero-order valence-electron chi connectivity index (χ0n) is 9.69. The summed E-state index contributed by atoms with van der Waals surface area (Å²) in [4.78, 5) is 8.18. The third-order valence-electron chi connectivity index (χ3n) is 3.32. The summed E-state index contributed by atoms with van der Waals surface area (Å²) in [5.74, 6) is 0.334. The lowest BCUT2D eigenvalue weighted by Gasteiger charge is -2.16. The highest BCUT2D eigenvalue weighted by Crippen LogP contribution is 2.26. The first kappa shape index (κ1) is 10.3. The Balaban J connectivity index is 2.04. The molecule has 17 heavy (non-hydrogen) atoms. The van der Waals surface area contributed by atoms with E-state index < -0.39 is 0 Å². The van der Waals surface area contributed by atoms with Gasteiger partial charge in [0.15, 0.2) is 0 Å². The van der Waals surface area contributed by atoms with E-state index in [9.17, 15) is 0 Å². The number of fused-ring (bicyclic) bond motifs is 1. The molecule has 2 N–H and O–H groups in total. The van der Waals surface area contributed by atoms with Crippen molar-refractivity contribution in [1.29, 1.82) is 0 Å². The van der Waals surface area contributed by atoms with E-state index in [0.717, 1.165) is 11.3 Å². The summed E-state index contributed by atoms with van der Waals surface area (Å²) < 4.78 is 0. The predicted octanol–water partition coefficient (Wildman–Crippen LogP) is 2.60. The van der Waals surface area contributed by atoms with Crippen molar-refractivity contribution in [1.82, 2.24) is 9.97 Å². The molecule has 0 aliphatic heterocycles. The normalized spacial score (nSPS) is 14.4. The summed E-state index contributed by atoms with van der Waals surface area (Å²) in [7, 11) is 0. The summed E-state index contributed by atoms with van der Waals surface area (Å²) in [6.07, 6.45) is 6.71. The molecule has 0 saturated carbocycles. The molecular formula is C14H15N3. The molecule has 86 valence electrons. The van der Waals surface area contributed by atoms with Crippen molar-refractivity contribution < 1.29 is 0 Å². The molecule has 3 heteroatoms. The summed E-state index contributed by atoms with van der Waals surface area (Å²) in [6.45, 7) is 0. The minimum atomic E-state index is 0.334. The average molecular weight is 225 g/mol. The number of aryl methyl sites for hydroxylation is 2. The number of hydrogen-bond acceptors (Lipinski definition) is 3. The van der Waals surface area contributed by atoms with Gasteiger partial charge in [0.1, 0.15) is 0 Å². The van der Waals surface area contributed by atoms with E-state index in [-0.39, 0.29) is 0 Å². The first-order valence-electron chi connectivity index (χ1n) is 6.03. The molecule has 2 aromatic rings. The van der Waals surface area contributed by atoms with Gasteiger partial charge in [-0.2, -0.15) is 0 Å². The van der Waals surface area contributed by atoms with Crippen LogP contribution in [0.15, 0.2) is 30.5 Å². The first-order valence-corrected chi connectivity index (χ1v) is 6.03. The summed E-state index contributed by atoms with van der Waals surface area (Å²) in [5, 5.41) is 0. The van der Waals surface area contributed by atoms with Gasteiger partial charge in [0, 0.05) is 11.8 Å². The van der Waals surface area contributed by atoms with Crippen molar-refractivity contribution in [2.24, 2.45) is 0 Å². The fourth-order valence-corrected chi connectivity index (χ4v) is 2.43. The molecule has 0 atom stereocenters. The van der Waals surface area contributed by atoms with Crippen LogP contribution in [0.3, 0.4) is 0 Å². The van der Waals surface area contributed by atoms with Crippen molar-refractivity contribution in [2.45, 2.75) is 25.7 Å². The van der Waals surface area contributed by atoms with Crippen molar-refractivity contribution >= 4 is 5.95 Å². The summed E-state index contributed by atoms with van der Waals surface area (Å²) >= 11 is 0. The molecule has 3 rings (SSSR count). The number of nitrogens with two attached hydrogens (primary N) is 1. The van der Waals surface area contributed by atoms with Crippen LogP contribution >= 0.6 is 0 Å². The second kappa shape index (κ2) is 4.17. The Morgan fingerprint density at radius 3 is 2.65 bits per heavy atom. The number of nitrogens with zero attached hydrogens (tertiary/aromatic N) is 2. The molecule has 0 amide bonds. The van der Waals surface area contributed by atoms with Crippen LogP contribution in [0.4, 0.5) is 5.95 Å². The highest BCUT2D eigenvalue weighted by molar-refractivity contribution is 5.61. The van der Waals surface area contributed by atoms with Crippen LogP contribution in [-0.4, -0.2) is 9.97 Å². The molecule has 0 bridgehead atoms. The molecule has 1 aromatic carbocycles. The van der Waals surface area contributed by atoms with Crippen molar-refractivity contribution in [3.63, 3.8) is 0 Å². The maximum Gasteiger partial charge on any atom is 0.220 e. The monoisotopic (exact) mass is 225 g/mol. The Kier molecular flexibility index (Phi) is 2.52. The zero-order valence-corrected chi connectivity index (χ0v) is 9.69. The molecule has 3 nitrogen and oxygen atoms in total. The van der Waals surface area contributed by atoms with E-state index >= 15 is 0 Å². The quantitative estimate of drug-likeness (QED) is 0.811. The number of hydrogen-bond donors (Lipinski definition) is 1. The molecule has 0 spiro atoms. The molecule has 1 aliphatic carbocycles. The van der Waals surface area contributed by atoms with Crippen LogP contribution < -0.4 is 5.73 Å². The Morgan fingerprint density at radius 2 is 1.82 bits per heavy atom. The molecular weight excluding hydrogens is 210 g/mol. The van der Waals surface area contributed by atoms with Crippen LogP contribution in [-0.2, 0) is 12.8 Å². The van der Waals surface area contributed by atoms with Crippen LogP contribution in [0.2, 0.25) is 0 Å². The molecule has 0 radical (unpaired) electrons. The number of benzene rings is 1. The van der Waals surface area contributed by atoms with Gasteiger partial charge in [0.25, 0.3) is 0 Å². The van der Waals surface area contributed by atoms with E-state index in [2.05, 4.69) is 28.2 Å². The average Bonchev–Trinajstić information content (AvgIpc) is 2.38. The molecule has 1 aromatic heterocycles. The highest BCUT2D eigenvalue weighted by atomic mass is 15.0. The summed E-state index contributed by atoms with van der Waals surface area (Å²) in [5.41, 5.74) is 10.6. The fraction of sp³-hybridized carbons (Fsp3) is 0.286. The van der Waals surface area contributed by atoms with Crippen LogP contribution in [0.5, 0.6) is 0 Å². The van der Waals surface area contributed by atoms with Gasteiger partial charge in [-0.3, -0.25) is 0 Å². The number of aromatic nitrogens is 2. The van der Waals surface area contributed by atoms with Crippen LogP contribution in [0.25, 0.3) is 11.3 Å². The molecule has 1 aliphatic rings. The largest absolute Gasteiger partial charge is 0.368 e. The molecule has 0 unspecified atom stereocenters. The standard InChI is InChI=1S/C14H15N3/c15-14-16-8-7-13(17-14)12-6-5-10-3-1-2-4-11(10)9-12/h5-9H,1-4H2,(H2,15,16,17). The third-order valence-corrected chi connectivity index (χ3v) is 3.32. The maximum atomic E-state index is 5.61. The van der Waals surface area contributed by atoms with E-state index in [1.165, 1.54) is 36.8 Å². The Hall–Kier alpha value is -1.90. The summed E-state index contributed by atoms with van der Waals surface area (Å²) in [6, 6.07) is 8.51. The predicted molar refractivity (Wildman–Crippen MR) is 68.5 cm³/mol. The number of nitrogen functional groups attached to an aromatic ring is 1. The molecule has 0 saturated heterocycles. The SMILES string of the molecule is Nc1nccc(-c2ccc3c(c2)CCCC3)n1. The lowest BCUT2D eigenvalue weighted by Crippen LogP contribution is -2.02. The smallest absolute Gasteiger partial charge is 0.220 e. The van der Waals surface area contributed by atoms with Crippen molar-refractivity contribution in [3.8, 4) is 11.3 Å². The zero-order chi connectivity index (χ0) is 11.7. The van der Waals surface area contributed by atoms with Crippen molar-refractivity contribution in [3.05, 3.63) is 41.6 Å². The van der Waals surface area contributed by atoms with Crippen LogP contribution in [0.1, 0.15) is 24.0 Å². The third kappa shape index (κ3) is 2.00. The lowest BCUT2D eigenvalue weighted by atomic mass is 9.90. The Bertz CT molecular complexity index is 549. The van der Waals surface area contributed by atoms with Gasteiger partial charge in [-0.25, -0.2) is 9.97 Å². The molecule has 0 fully saturated rings. The van der Waals surface area contributed by atoms with Gasteiger partial charge in [-0.15, -0.1) is 0 Å². The van der Waals surface area contributed by atoms with Gasteiger partial charge < -0.3 is 5.73 Å². The Labute approximate surface area is 101 Å². The van der Waals surface area contributed by atoms with E-state index in [1.807, 2.05) is 6.07 Å². The van der Waals surface area contributed by atoms with Gasteiger partial charge in [-0.1, -0.05) is 12.1 Å². The Morgan fingerprint density at radius 1 is 1.00 bits per heavy atom. The van der Waals surface area contributed by atoms with Gasteiger partial charge in [0.2, 0.25) is 5.95 Å². The second-order valence-corrected chi connectivity index (χ2v) is 4.49. The minimum Gasteiger partial charge on any atom is -0.368 e. The highest BCUT2D eigenvalue weighted by Gasteiger charge is 2.10. The van der Waals surface area contributed by atoms with Gasteiger partial charge in [-0.05, 0) is 48.9 Å².